The number of ketones is 2. The number of carbonyl (C=O) groups excluding carboxylic acids is 8. The Morgan fingerprint density at radius 3 is 1.40 bits per heavy atom. The summed E-state index contributed by atoms with van der Waals surface area (Å²) in [5.41, 5.74) is 4.12. The largest absolute Gasteiger partial charge is 0.449 e. The van der Waals surface area contributed by atoms with Crippen LogP contribution in [0.15, 0.2) is 171 Å². The Hall–Kier alpha value is -11.1. The molecule has 6 aromatic carbocycles. The Balaban J connectivity index is 0.000000207. The summed E-state index contributed by atoms with van der Waals surface area (Å²) in [6.07, 6.45) is 8.82. The molecule has 2 aliphatic rings. The third-order valence-electron chi connectivity index (χ3n) is 17.5. The molecule has 0 bridgehead atoms. The van der Waals surface area contributed by atoms with E-state index in [1.165, 1.54) is 55.8 Å². The van der Waals surface area contributed by atoms with E-state index in [0.29, 0.717) is 76.9 Å². The van der Waals surface area contributed by atoms with Crippen LogP contribution in [-0.4, -0.2) is 136 Å². The molecule has 556 valence electrons. The van der Waals surface area contributed by atoms with Crippen LogP contribution in [0.4, 0.5) is 51.7 Å². The van der Waals surface area contributed by atoms with E-state index >= 15 is 8.78 Å². The minimum atomic E-state index is -1.48. The van der Waals surface area contributed by atoms with Crippen molar-refractivity contribution in [3.05, 3.63) is 204 Å². The quantitative estimate of drug-likeness (QED) is 0.0223. The van der Waals surface area contributed by atoms with Crippen molar-refractivity contribution in [3.63, 3.8) is 0 Å². The predicted octanol–water partition coefficient (Wildman–Crippen LogP) is 15.5. The number of alkyl halides is 3. The standard InChI is InChI=1S/C39H37ClF2N6O5.C33H27ClF2N6O3.C6H11ClO2/c1-23(49)30-19-46(33-13-12-25(15-29(30)33)48(26-16-43-21-44-17-26)22-53-38(52)39(2,3)4)20-35(50)47-18-24(41)14-34(47)37(51)45-32-11-7-9-28(36(32)42)27-8-5-6-10-31(27)40;1-19(43)26-16-41(29-10-9-21(12-25(26)29)39-22-13-37-18-38-14-22)17-31(44)42-15-20(35)11-30(42)33(45)40-28-8-4-6-24(32(28)36)23-5-2-3-7-27(23)34;1-6(2,3)5(8)9-4-7/h5-13,15-17,19,21,24,34H,14,18,20,22H2,1-4H3,(H,45,51);2-10,12-14,16,18,20,30,39H,11,15,17H2,1H3,(H,40,45);4H2,1-3H3/t24-,34+;20-,30+;/m11./s1. The second-order valence-electron chi connectivity index (χ2n) is 27.3. The molecule has 107 heavy (non-hydrogen) atoms. The second-order valence-corrected chi connectivity index (χ2v) is 28.4. The van der Waals surface area contributed by atoms with Gasteiger partial charge in [-0.15, -0.1) is 0 Å². The number of rotatable bonds is 19. The predicted molar refractivity (Wildman–Crippen MR) is 401 cm³/mol. The van der Waals surface area contributed by atoms with E-state index in [1.807, 2.05) is 0 Å². The molecule has 4 aromatic heterocycles. The van der Waals surface area contributed by atoms with Crippen LogP contribution < -0.4 is 20.9 Å². The lowest BCUT2D eigenvalue weighted by Gasteiger charge is -2.26. The number of esters is 2. The van der Waals surface area contributed by atoms with Gasteiger partial charge in [0.05, 0.1) is 71.5 Å². The molecule has 0 spiro atoms. The van der Waals surface area contributed by atoms with Crippen LogP contribution in [0.25, 0.3) is 44.1 Å². The summed E-state index contributed by atoms with van der Waals surface area (Å²) in [4.78, 5) is 123. The van der Waals surface area contributed by atoms with E-state index in [0.717, 1.165) is 4.90 Å². The molecular weight excluding hydrogens is 1450 g/mol. The molecule has 2 saturated heterocycles. The van der Waals surface area contributed by atoms with Gasteiger partial charge in [0, 0.05) is 102 Å². The number of anilines is 6. The number of ether oxygens (including phenoxy) is 2. The molecule has 0 radical (unpaired) electrons. The number of carbonyl (C=O) groups is 8. The first-order valence-corrected chi connectivity index (χ1v) is 35.0. The van der Waals surface area contributed by atoms with Gasteiger partial charge in [0.25, 0.3) is 0 Å². The first kappa shape index (κ1) is 78.5. The van der Waals surface area contributed by atoms with Crippen LogP contribution in [0, 0.1) is 22.5 Å². The number of hydrogen-bond donors (Lipinski definition) is 3. The number of nitrogens with one attached hydrogen (secondary N) is 3. The summed E-state index contributed by atoms with van der Waals surface area (Å²) in [6, 6.07) is 30.5. The molecule has 6 heterocycles. The van der Waals surface area contributed by atoms with Crippen molar-refractivity contribution in [1.29, 1.82) is 0 Å². The van der Waals surface area contributed by atoms with Gasteiger partial charge in [-0.05, 0) is 116 Å². The lowest BCUT2D eigenvalue weighted by Crippen LogP contribution is -2.44. The highest BCUT2D eigenvalue weighted by molar-refractivity contribution is 6.33. The molecule has 0 saturated carbocycles. The fourth-order valence-electron chi connectivity index (χ4n) is 12.1. The van der Waals surface area contributed by atoms with Gasteiger partial charge in [-0.2, -0.15) is 0 Å². The maximum absolute atomic E-state index is 15.6. The second kappa shape index (κ2) is 34.0. The number of likely N-dealkylation sites (tertiary alicyclic amines) is 2. The first-order valence-electron chi connectivity index (χ1n) is 33.7. The average molecular weight is 1520 g/mol. The third kappa shape index (κ3) is 18.8. The number of nitrogens with zero attached hydrogens (tertiary/aromatic N) is 9. The van der Waals surface area contributed by atoms with Crippen molar-refractivity contribution >= 4 is 138 Å². The zero-order chi connectivity index (χ0) is 77.2. The fraction of sp³-hybridized carbons (Fsp3) is 0.282. The smallest absolute Gasteiger partial charge is 0.312 e. The number of fused-ring (bicyclic) bond motifs is 2. The zero-order valence-corrected chi connectivity index (χ0v) is 61.7. The summed E-state index contributed by atoms with van der Waals surface area (Å²) in [5.74, 6) is -5.10. The van der Waals surface area contributed by atoms with Gasteiger partial charge < -0.3 is 49.3 Å². The van der Waals surface area contributed by atoms with Crippen LogP contribution in [0.3, 0.4) is 0 Å². The normalized spacial score (nSPS) is 15.5. The van der Waals surface area contributed by atoms with E-state index in [4.69, 9.17) is 39.5 Å². The molecule has 3 N–H and O–H groups in total. The fourth-order valence-corrected chi connectivity index (χ4v) is 12.6. The first-order chi connectivity index (χ1) is 50.9. The number of hydrogen-bond acceptors (Lipinski definition) is 16. The maximum atomic E-state index is 15.6. The Labute approximate surface area is 628 Å². The Morgan fingerprint density at radius 2 is 0.963 bits per heavy atom. The van der Waals surface area contributed by atoms with E-state index in [-0.39, 0.29) is 91.9 Å². The van der Waals surface area contributed by atoms with Crippen molar-refractivity contribution in [1.82, 2.24) is 38.9 Å². The molecular formula is C78H75Cl3F4N12O10. The Bertz CT molecular complexity index is 5000. The topological polar surface area (TPSA) is 262 Å². The lowest BCUT2D eigenvalue weighted by atomic mass is 9.97. The van der Waals surface area contributed by atoms with E-state index < -0.39 is 76.5 Å². The summed E-state index contributed by atoms with van der Waals surface area (Å²) < 4.78 is 74.0. The Morgan fingerprint density at radius 1 is 0.533 bits per heavy atom. The summed E-state index contributed by atoms with van der Waals surface area (Å²) in [7, 11) is 0. The average Bonchev–Trinajstić information content (AvgIpc) is 1.65. The summed E-state index contributed by atoms with van der Waals surface area (Å²) in [5, 5.41) is 10.1. The third-order valence-corrected chi connectivity index (χ3v) is 18.2. The molecule has 12 rings (SSSR count). The van der Waals surface area contributed by atoms with E-state index in [9.17, 15) is 47.1 Å². The van der Waals surface area contributed by atoms with Crippen molar-refractivity contribution in [3.8, 4) is 22.3 Å². The van der Waals surface area contributed by atoms with Crippen LogP contribution in [0.1, 0.15) is 88.9 Å². The SMILES string of the molecule is CC(=O)c1cn(CC(=O)N2C[C@H](F)C[C@H]2C(=O)Nc2cccc(-c3ccccc3Cl)c2F)c2ccc(N(COC(=O)C(C)(C)C)c3cncnc3)cc12.CC(=O)c1cn(CC(=O)N2C[C@H](F)C[C@H]2C(=O)Nc2cccc(-c3ccccc3Cl)c2F)c2ccc(Nc3cncnc3)cc12.CC(C)(C)C(=O)OCCl. The highest BCUT2D eigenvalue weighted by atomic mass is 35.5. The van der Waals surface area contributed by atoms with Crippen LogP contribution in [-0.2, 0) is 51.3 Å². The molecule has 4 amide bonds. The molecule has 4 atom stereocenters. The zero-order valence-electron chi connectivity index (χ0n) is 59.4. The maximum Gasteiger partial charge on any atom is 0.312 e. The van der Waals surface area contributed by atoms with Crippen LogP contribution in [0.2, 0.25) is 10.0 Å². The van der Waals surface area contributed by atoms with Gasteiger partial charge in [-0.3, -0.25) is 38.4 Å². The minimum Gasteiger partial charge on any atom is -0.449 e. The Kier molecular flexibility index (Phi) is 24.9. The van der Waals surface area contributed by atoms with Gasteiger partial charge in [0.15, 0.2) is 36.0 Å². The number of halogens is 7. The highest BCUT2D eigenvalue weighted by Crippen LogP contribution is 2.38. The summed E-state index contributed by atoms with van der Waals surface area (Å²) >= 11 is 17.7. The van der Waals surface area contributed by atoms with Crippen molar-refractivity contribution in [2.45, 2.75) is 106 Å². The number of aromatic nitrogens is 6. The molecule has 22 nitrogen and oxygen atoms in total. The van der Waals surface area contributed by atoms with E-state index in [1.54, 1.807) is 190 Å². The monoisotopic (exact) mass is 1520 g/mol. The van der Waals surface area contributed by atoms with Gasteiger partial charge in [-0.25, -0.2) is 37.5 Å². The lowest BCUT2D eigenvalue weighted by molar-refractivity contribution is -0.152. The molecule has 10 aromatic rings. The minimum absolute atomic E-state index is 0.0594. The number of amides is 4. The van der Waals surface area contributed by atoms with Gasteiger partial charge in [0.2, 0.25) is 23.6 Å². The van der Waals surface area contributed by atoms with Gasteiger partial charge in [-0.1, -0.05) is 95.5 Å². The molecule has 2 fully saturated rings. The van der Waals surface area contributed by atoms with Crippen LogP contribution in [0.5, 0.6) is 0 Å². The van der Waals surface area contributed by atoms with Crippen LogP contribution >= 0.6 is 34.8 Å². The molecule has 2 aliphatic heterocycles. The molecule has 0 aliphatic carbocycles. The number of Topliss-reactive ketones (excluding diaryl/α,β-unsaturated/α-hetero) is 2. The van der Waals surface area contributed by atoms with Crippen molar-refractivity contribution < 1.29 is 65.4 Å². The molecule has 0 unspecified atom stereocenters. The van der Waals surface area contributed by atoms with Crippen molar-refractivity contribution in [2.24, 2.45) is 10.8 Å². The van der Waals surface area contributed by atoms with Gasteiger partial charge >= 0.3 is 11.9 Å². The molecule has 29 heteroatoms. The van der Waals surface area contributed by atoms with Crippen molar-refractivity contribution in [2.75, 3.05) is 46.7 Å². The summed E-state index contributed by atoms with van der Waals surface area (Å²) in [6.45, 7) is 12.1. The highest BCUT2D eigenvalue weighted by Gasteiger charge is 2.42. The van der Waals surface area contributed by atoms with E-state index in [2.05, 4.69) is 40.6 Å². The van der Waals surface area contributed by atoms with Gasteiger partial charge in [0.1, 0.15) is 50.2 Å². The number of benzene rings is 6.